The van der Waals surface area contributed by atoms with Gasteiger partial charge in [0.2, 0.25) is 5.91 Å². The van der Waals surface area contributed by atoms with Gasteiger partial charge in [0, 0.05) is 12.6 Å². The number of benzene rings is 1. The molecule has 0 heterocycles. The summed E-state index contributed by atoms with van der Waals surface area (Å²) in [7, 11) is 1.64. The van der Waals surface area contributed by atoms with Crippen molar-refractivity contribution in [2.24, 2.45) is 0 Å². The van der Waals surface area contributed by atoms with Crippen molar-refractivity contribution in [2.45, 2.75) is 64.7 Å². The molecule has 1 aromatic carbocycles. The zero-order chi connectivity index (χ0) is 17.5. The van der Waals surface area contributed by atoms with Crippen molar-refractivity contribution in [1.82, 2.24) is 5.32 Å². The fourth-order valence-electron chi connectivity index (χ4n) is 2.59. The number of rotatable bonds is 13. The largest absolute Gasteiger partial charge is 0.497 e. The summed E-state index contributed by atoms with van der Waals surface area (Å²) in [6.07, 6.45) is 15.1. The second kappa shape index (κ2) is 13.6. The first-order valence-electron chi connectivity index (χ1n) is 9.36. The average molecular weight is 332 g/mol. The van der Waals surface area contributed by atoms with E-state index in [1.165, 1.54) is 51.4 Å². The van der Waals surface area contributed by atoms with Crippen LogP contribution in [0.4, 0.5) is 0 Å². The van der Waals surface area contributed by atoms with Crippen molar-refractivity contribution in [3.63, 3.8) is 0 Å². The van der Waals surface area contributed by atoms with Crippen LogP contribution in [0.1, 0.15) is 70.3 Å². The minimum absolute atomic E-state index is 0.0228. The molecule has 0 fully saturated rings. The fraction of sp³-hybridized carbons (Fsp3) is 0.571. The van der Waals surface area contributed by atoms with Gasteiger partial charge in [-0.1, -0.05) is 70.4 Å². The predicted octanol–water partition coefficient (Wildman–Crippen LogP) is 5.36. The number of nitrogens with one attached hydrogen (secondary N) is 1. The first kappa shape index (κ1) is 20.3. The average Bonchev–Trinajstić information content (AvgIpc) is 2.62. The minimum atomic E-state index is -0.0228. The van der Waals surface area contributed by atoms with E-state index in [9.17, 15) is 4.79 Å². The highest BCUT2D eigenvalue weighted by Gasteiger charge is 1.96. The van der Waals surface area contributed by atoms with Crippen molar-refractivity contribution in [3.05, 3.63) is 35.9 Å². The maximum Gasteiger partial charge on any atom is 0.243 e. The Labute approximate surface area is 147 Å². The number of unbranched alkanes of at least 4 members (excludes halogenated alkanes) is 8. The molecular formula is C21H33NO2. The SMILES string of the molecule is CCCCCCCCCCCNC(=O)C=Cc1ccc(OC)cc1. The van der Waals surface area contributed by atoms with Crippen LogP contribution in [0.2, 0.25) is 0 Å². The molecule has 1 rings (SSSR count). The van der Waals surface area contributed by atoms with Crippen molar-refractivity contribution >= 4 is 12.0 Å². The van der Waals surface area contributed by atoms with Gasteiger partial charge in [0.25, 0.3) is 0 Å². The van der Waals surface area contributed by atoms with Crippen molar-refractivity contribution in [1.29, 1.82) is 0 Å². The first-order chi connectivity index (χ1) is 11.8. The summed E-state index contributed by atoms with van der Waals surface area (Å²) in [5, 5.41) is 2.94. The molecule has 0 saturated heterocycles. The normalized spacial score (nSPS) is 10.9. The molecule has 1 amide bonds. The summed E-state index contributed by atoms with van der Waals surface area (Å²) in [6, 6.07) is 7.64. The van der Waals surface area contributed by atoms with E-state index in [1.807, 2.05) is 30.3 Å². The molecule has 134 valence electrons. The van der Waals surface area contributed by atoms with Crippen molar-refractivity contribution in [2.75, 3.05) is 13.7 Å². The molecule has 0 bridgehead atoms. The third-order valence-electron chi connectivity index (χ3n) is 4.12. The topological polar surface area (TPSA) is 38.3 Å². The molecule has 0 aliphatic heterocycles. The lowest BCUT2D eigenvalue weighted by Gasteiger charge is -2.03. The Balaban J connectivity index is 2.02. The van der Waals surface area contributed by atoms with Crippen LogP contribution in [0.3, 0.4) is 0 Å². The minimum Gasteiger partial charge on any atom is -0.497 e. The Kier molecular flexibility index (Phi) is 11.5. The second-order valence-corrected chi connectivity index (χ2v) is 6.23. The fourth-order valence-corrected chi connectivity index (χ4v) is 2.59. The molecular weight excluding hydrogens is 298 g/mol. The summed E-state index contributed by atoms with van der Waals surface area (Å²) in [5.41, 5.74) is 0.994. The second-order valence-electron chi connectivity index (χ2n) is 6.23. The zero-order valence-electron chi connectivity index (χ0n) is 15.4. The molecule has 0 saturated carbocycles. The van der Waals surface area contributed by atoms with Gasteiger partial charge in [-0.05, 0) is 30.2 Å². The Morgan fingerprint density at radius 1 is 0.958 bits per heavy atom. The first-order valence-corrected chi connectivity index (χ1v) is 9.36. The van der Waals surface area contributed by atoms with Crippen LogP contribution in [0.15, 0.2) is 30.3 Å². The van der Waals surface area contributed by atoms with E-state index in [0.29, 0.717) is 0 Å². The van der Waals surface area contributed by atoms with Crippen LogP contribution < -0.4 is 10.1 Å². The summed E-state index contributed by atoms with van der Waals surface area (Å²) in [6.45, 7) is 3.02. The molecule has 0 aliphatic carbocycles. The molecule has 1 aromatic rings. The van der Waals surface area contributed by atoms with Gasteiger partial charge in [-0.2, -0.15) is 0 Å². The highest BCUT2D eigenvalue weighted by Crippen LogP contribution is 2.12. The highest BCUT2D eigenvalue weighted by atomic mass is 16.5. The van der Waals surface area contributed by atoms with Gasteiger partial charge in [0.15, 0.2) is 0 Å². The standard InChI is InChI=1S/C21H33NO2/c1-3-4-5-6-7-8-9-10-11-18-22-21(23)17-14-19-12-15-20(24-2)16-13-19/h12-17H,3-11,18H2,1-2H3,(H,22,23). The zero-order valence-corrected chi connectivity index (χ0v) is 15.4. The van der Waals surface area contributed by atoms with E-state index in [1.54, 1.807) is 13.2 Å². The maximum absolute atomic E-state index is 11.8. The van der Waals surface area contributed by atoms with Gasteiger partial charge in [0.1, 0.15) is 5.75 Å². The molecule has 0 spiro atoms. The number of hydrogen-bond donors (Lipinski definition) is 1. The van der Waals surface area contributed by atoms with E-state index in [-0.39, 0.29) is 5.91 Å². The molecule has 0 atom stereocenters. The van der Waals surface area contributed by atoms with Crippen LogP contribution >= 0.6 is 0 Å². The van der Waals surface area contributed by atoms with E-state index in [2.05, 4.69) is 12.2 Å². The number of ether oxygens (including phenoxy) is 1. The van der Waals surface area contributed by atoms with E-state index >= 15 is 0 Å². The number of methoxy groups -OCH3 is 1. The predicted molar refractivity (Wildman–Crippen MR) is 102 cm³/mol. The lowest BCUT2D eigenvalue weighted by Crippen LogP contribution is -2.21. The number of hydrogen-bond acceptors (Lipinski definition) is 2. The molecule has 0 unspecified atom stereocenters. The Bertz CT molecular complexity index is 465. The van der Waals surface area contributed by atoms with Crippen LogP contribution in [-0.2, 0) is 4.79 Å². The Morgan fingerprint density at radius 3 is 2.12 bits per heavy atom. The van der Waals surface area contributed by atoms with Crippen LogP contribution in [0.25, 0.3) is 6.08 Å². The summed E-state index contributed by atoms with van der Waals surface area (Å²) < 4.78 is 5.11. The maximum atomic E-state index is 11.8. The molecule has 24 heavy (non-hydrogen) atoms. The monoisotopic (exact) mass is 331 g/mol. The quantitative estimate of drug-likeness (QED) is 0.390. The molecule has 0 aromatic heterocycles. The Morgan fingerprint density at radius 2 is 1.54 bits per heavy atom. The summed E-state index contributed by atoms with van der Waals surface area (Å²) in [5.74, 6) is 0.798. The summed E-state index contributed by atoms with van der Waals surface area (Å²) >= 11 is 0. The van der Waals surface area contributed by atoms with Gasteiger partial charge in [-0.3, -0.25) is 4.79 Å². The molecule has 3 heteroatoms. The van der Waals surface area contributed by atoms with Gasteiger partial charge in [0.05, 0.1) is 7.11 Å². The number of amides is 1. The van der Waals surface area contributed by atoms with Gasteiger partial charge < -0.3 is 10.1 Å². The van der Waals surface area contributed by atoms with Crippen molar-refractivity contribution in [3.8, 4) is 5.75 Å². The van der Waals surface area contributed by atoms with E-state index in [4.69, 9.17) is 4.74 Å². The highest BCUT2D eigenvalue weighted by molar-refractivity contribution is 5.91. The van der Waals surface area contributed by atoms with E-state index in [0.717, 1.165) is 24.3 Å². The smallest absolute Gasteiger partial charge is 0.243 e. The van der Waals surface area contributed by atoms with Gasteiger partial charge in [-0.25, -0.2) is 0 Å². The molecule has 0 radical (unpaired) electrons. The van der Waals surface area contributed by atoms with Gasteiger partial charge >= 0.3 is 0 Å². The van der Waals surface area contributed by atoms with Crippen LogP contribution in [-0.4, -0.2) is 19.6 Å². The molecule has 3 nitrogen and oxygen atoms in total. The third-order valence-corrected chi connectivity index (χ3v) is 4.12. The lowest BCUT2D eigenvalue weighted by atomic mass is 10.1. The summed E-state index contributed by atoms with van der Waals surface area (Å²) in [4.78, 5) is 11.8. The molecule has 1 N–H and O–H groups in total. The van der Waals surface area contributed by atoms with Crippen LogP contribution in [0, 0.1) is 0 Å². The van der Waals surface area contributed by atoms with Crippen molar-refractivity contribution < 1.29 is 9.53 Å². The van der Waals surface area contributed by atoms with E-state index < -0.39 is 0 Å². The number of carbonyl (C=O) groups excluding carboxylic acids is 1. The van der Waals surface area contributed by atoms with Gasteiger partial charge in [-0.15, -0.1) is 0 Å². The Hall–Kier alpha value is -1.77. The van der Waals surface area contributed by atoms with Crippen LogP contribution in [0.5, 0.6) is 5.75 Å². The lowest BCUT2D eigenvalue weighted by molar-refractivity contribution is -0.116. The number of carbonyl (C=O) groups is 1. The molecule has 0 aliphatic rings. The third kappa shape index (κ3) is 10.1.